The molecular weight excluding hydrogens is 296 g/mol. The molecule has 0 aliphatic carbocycles. The van der Waals surface area contributed by atoms with E-state index in [9.17, 15) is 4.79 Å². The summed E-state index contributed by atoms with van der Waals surface area (Å²) < 4.78 is 6.26. The van der Waals surface area contributed by atoms with E-state index in [0.717, 1.165) is 22.2 Å². The van der Waals surface area contributed by atoms with E-state index in [0.29, 0.717) is 11.6 Å². The monoisotopic (exact) mass is 308 g/mol. The van der Waals surface area contributed by atoms with Crippen LogP contribution in [0.5, 0.6) is 0 Å². The number of aryl methyl sites for hydroxylation is 2. The fourth-order valence-electron chi connectivity index (χ4n) is 1.53. The van der Waals surface area contributed by atoms with Crippen molar-refractivity contribution in [2.45, 2.75) is 20.3 Å². The molecule has 1 N–H and O–H groups in total. The van der Waals surface area contributed by atoms with Crippen LogP contribution in [0.2, 0.25) is 0 Å². The maximum atomic E-state index is 11.9. The molecule has 0 atom stereocenters. The minimum Gasteiger partial charge on any atom is -0.456 e. The van der Waals surface area contributed by atoms with Gasteiger partial charge in [-0.05, 0) is 46.6 Å². The molecule has 18 heavy (non-hydrogen) atoms. The number of aromatic nitrogens is 1. The topological polar surface area (TPSA) is 55.1 Å². The molecule has 0 aromatic carbocycles. The second-order valence-corrected chi connectivity index (χ2v) is 4.81. The first-order chi connectivity index (χ1) is 8.60. The first-order valence-electron chi connectivity index (χ1n) is 5.62. The van der Waals surface area contributed by atoms with Crippen molar-refractivity contribution < 1.29 is 9.21 Å². The molecule has 2 rings (SSSR count). The predicted octanol–water partition coefficient (Wildman–Crippen LogP) is 3.56. The molecule has 5 heteroatoms. The van der Waals surface area contributed by atoms with Crippen LogP contribution in [0.15, 0.2) is 33.3 Å². The lowest BCUT2D eigenvalue weighted by atomic mass is 10.3. The molecule has 0 aliphatic rings. The molecule has 0 saturated carbocycles. The Bertz CT molecular complexity index is 578. The average molecular weight is 309 g/mol. The van der Waals surface area contributed by atoms with E-state index in [4.69, 9.17) is 4.42 Å². The van der Waals surface area contributed by atoms with Gasteiger partial charge in [-0.3, -0.25) is 4.79 Å². The van der Waals surface area contributed by atoms with Crippen LogP contribution < -0.4 is 5.32 Å². The summed E-state index contributed by atoms with van der Waals surface area (Å²) in [6.07, 6.45) is 2.41. The SMILES string of the molecule is CCc1ccc(C(=O)Nc2ncc(Br)cc2C)o1. The summed E-state index contributed by atoms with van der Waals surface area (Å²) in [6, 6.07) is 5.36. The van der Waals surface area contributed by atoms with Crippen LogP contribution in [0.3, 0.4) is 0 Å². The molecule has 4 nitrogen and oxygen atoms in total. The summed E-state index contributed by atoms with van der Waals surface area (Å²) in [5.74, 6) is 1.35. The fourth-order valence-corrected chi connectivity index (χ4v) is 1.98. The zero-order valence-corrected chi connectivity index (χ0v) is 11.7. The van der Waals surface area contributed by atoms with Crippen LogP contribution in [0.1, 0.15) is 28.8 Å². The average Bonchev–Trinajstić information content (AvgIpc) is 2.81. The molecule has 0 unspecified atom stereocenters. The van der Waals surface area contributed by atoms with Gasteiger partial charge in [0.1, 0.15) is 11.6 Å². The van der Waals surface area contributed by atoms with E-state index in [1.54, 1.807) is 18.3 Å². The second-order valence-electron chi connectivity index (χ2n) is 3.89. The Hall–Kier alpha value is -1.62. The zero-order valence-electron chi connectivity index (χ0n) is 10.2. The van der Waals surface area contributed by atoms with Crippen LogP contribution in [-0.2, 0) is 6.42 Å². The number of furan rings is 1. The van der Waals surface area contributed by atoms with E-state index in [1.165, 1.54) is 0 Å². The van der Waals surface area contributed by atoms with Crippen LogP contribution in [0, 0.1) is 6.92 Å². The standard InChI is InChI=1S/C13H13BrN2O2/c1-3-10-4-5-11(18-10)13(17)16-12-8(2)6-9(14)7-15-12/h4-7H,3H2,1-2H3,(H,15,16,17). The second kappa shape index (κ2) is 5.35. The third kappa shape index (κ3) is 2.79. The van der Waals surface area contributed by atoms with E-state index >= 15 is 0 Å². The lowest BCUT2D eigenvalue weighted by molar-refractivity contribution is 0.0994. The van der Waals surface area contributed by atoms with E-state index in [1.807, 2.05) is 19.9 Å². The number of hydrogen-bond acceptors (Lipinski definition) is 3. The Morgan fingerprint density at radius 2 is 2.28 bits per heavy atom. The Morgan fingerprint density at radius 1 is 1.50 bits per heavy atom. The lowest BCUT2D eigenvalue weighted by Gasteiger charge is -2.05. The van der Waals surface area contributed by atoms with Gasteiger partial charge in [0.25, 0.3) is 5.91 Å². The van der Waals surface area contributed by atoms with E-state index < -0.39 is 0 Å². The Balaban J connectivity index is 2.16. The van der Waals surface area contributed by atoms with Crippen LogP contribution in [0.4, 0.5) is 5.82 Å². The van der Waals surface area contributed by atoms with E-state index in [2.05, 4.69) is 26.2 Å². The number of carbonyl (C=O) groups is 1. The van der Waals surface area contributed by atoms with Gasteiger partial charge in [0.05, 0.1) is 0 Å². The first kappa shape index (κ1) is 12.8. The minimum absolute atomic E-state index is 0.285. The van der Waals surface area contributed by atoms with Crippen molar-refractivity contribution in [3.63, 3.8) is 0 Å². The highest BCUT2D eigenvalue weighted by atomic mass is 79.9. The van der Waals surface area contributed by atoms with Gasteiger partial charge in [-0.2, -0.15) is 0 Å². The van der Waals surface area contributed by atoms with Gasteiger partial charge >= 0.3 is 0 Å². The highest BCUT2D eigenvalue weighted by molar-refractivity contribution is 9.10. The maximum absolute atomic E-state index is 11.9. The van der Waals surface area contributed by atoms with Gasteiger partial charge in [-0.25, -0.2) is 4.98 Å². The van der Waals surface area contributed by atoms with Crippen LogP contribution in [-0.4, -0.2) is 10.9 Å². The van der Waals surface area contributed by atoms with Crippen LogP contribution >= 0.6 is 15.9 Å². The van der Waals surface area contributed by atoms with Crippen molar-refractivity contribution in [3.8, 4) is 0 Å². The number of pyridine rings is 1. The fraction of sp³-hybridized carbons (Fsp3) is 0.231. The molecule has 0 fully saturated rings. The molecule has 0 radical (unpaired) electrons. The normalized spacial score (nSPS) is 10.4. The van der Waals surface area contributed by atoms with Gasteiger partial charge in [0, 0.05) is 17.1 Å². The highest BCUT2D eigenvalue weighted by Gasteiger charge is 2.12. The molecule has 0 bridgehead atoms. The van der Waals surface area contributed by atoms with Crippen LogP contribution in [0.25, 0.3) is 0 Å². The first-order valence-corrected chi connectivity index (χ1v) is 6.41. The van der Waals surface area contributed by atoms with Crippen molar-refractivity contribution in [3.05, 3.63) is 46.0 Å². The minimum atomic E-state index is -0.285. The van der Waals surface area contributed by atoms with Gasteiger partial charge in [-0.15, -0.1) is 0 Å². The molecule has 2 heterocycles. The largest absolute Gasteiger partial charge is 0.456 e. The molecule has 2 aromatic rings. The number of hydrogen-bond donors (Lipinski definition) is 1. The summed E-state index contributed by atoms with van der Waals surface area (Å²) in [7, 11) is 0. The third-order valence-electron chi connectivity index (χ3n) is 2.51. The molecular formula is C13H13BrN2O2. The molecule has 1 amide bonds. The molecule has 94 valence electrons. The maximum Gasteiger partial charge on any atom is 0.292 e. The van der Waals surface area contributed by atoms with Crippen molar-refractivity contribution in [2.24, 2.45) is 0 Å². The Morgan fingerprint density at radius 3 is 2.89 bits per heavy atom. The quantitative estimate of drug-likeness (QED) is 0.943. The predicted molar refractivity (Wildman–Crippen MR) is 72.7 cm³/mol. The number of halogens is 1. The van der Waals surface area contributed by atoms with Gasteiger partial charge in [-0.1, -0.05) is 6.92 Å². The number of nitrogens with one attached hydrogen (secondary N) is 1. The zero-order chi connectivity index (χ0) is 13.1. The molecule has 0 aliphatic heterocycles. The van der Waals surface area contributed by atoms with Crippen molar-refractivity contribution in [1.82, 2.24) is 4.98 Å². The van der Waals surface area contributed by atoms with Gasteiger partial charge < -0.3 is 9.73 Å². The summed E-state index contributed by atoms with van der Waals surface area (Å²) in [5, 5.41) is 2.73. The lowest BCUT2D eigenvalue weighted by Crippen LogP contribution is -2.13. The van der Waals surface area contributed by atoms with E-state index in [-0.39, 0.29) is 5.91 Å². The summed E-state index contributed by atoms with van der Waals surface area (Å²) in [6.45, 7) is 3.86. The third-order valence-corrected chi connectivity index (χ3v) is 2.94. The molecule has 0 saturated heterocycles. The van der Waals surface area contributed by atoms with Crippen molar-refractivity contribution in [2.75, 3.05) is 5.32 Å². The summed E-state index contributed by atoms with van der Waals surface area (Å²) in [5.41, 5.74) is 0.889. The Labute approximate surface area is 114 Å². The number of rotatable bonds is 3. The summed E-state index contributed by atoms with van der Waals surface area (Å²) >= 11 is 3.33. The number of nitrogens with zero attached hydrogens (tertiary/aromatic N) is 1. The Kier molecular flexibility index (Phi) is 3.81. The highest BCUT2D eigenvalue weighted by Crippen LogP contribution is 2.18. The number of anilines is 1. The van der Waals surface area contributed by atoms with Crippen molar-refractivity contribution in [1.29, 1.82) is 0 Å². The molecule has 2 aromatic heterocycles. The smallest absolute Gasteiger partial charge is 0.292 e. The summed E-state index contributed by atoms with van der Waals surface area (Å²) in [4.78, 5) is 16.1. The number of amides is 1. The van der Waals surface area contributed by atoms with Gasteiger partial charge in [0.15, 0.2) is 5.76 Å². The van der Waals surface area contributed by atoms with Crippen molar-refractivity contribution >= 4 is 27.7 Å². The molecule has 0 spiro atoms. The number of carbonyl (C=O) groups excluding carboxylic acids is 1. The van der Waals surface area contributed by atoms with Gasteiger partial charge in [0.2, 0.25) is 0 Å².